The molecule has 2 N–H and O–H groups in total. The number of aromatic nitrogens is 2. The molecular weight excluding hydrogens is 268 g/mol. The van der Waals surface area contributed by atoms with Crippen molar-refractivity contribution in [3.05, 3.63) is 48.3 Å². The molecule has 0 amide bonds. The normalized spacial score (nSPS) is 13.6. The SMILES string of the molecule is CCNC(C#N)(CCSc1ncc[nH]1)c1ccccc1. The van der Waals surface area contributed by atoms with Crippen LogP contribution in [-0.2, 0) is 5.54 Å². The van der Waals surface area contributed by atoms with E-state index in [1.807, 2.05) is 37.3 Å². The van der Waals surface area contributed by atoms with Gasteiger partial charge in [-0.15, -0.1) is 0 Å². The molecular formula is C15H18N4S. The van der Waals surface area contributed by atoms with Gasteiger partial charge in [0, 0.05) is 18.1 Å². The highest BCUT2D eigenvalue weighted by Gasteiger charge is 2.30. The van der Waals surface area contributed by atoms with Crippen LogP contribution in [-0.4, -0.2) is 22.3 Å². The number of benzene rings is 1. The van der Waals surface area contributed by atoms with Crippen LogP contribution in [0.3, 0.4) is 0 Å². The van der Waals surface area contributed by atoms with Crippen molar-refractivity contribution >= 4 is 11.8 Å². The van der Waals surface area contributed by atoms with Crippen molar-refractivity contribution in [2.24, 2.45) is 0 Å². The first-order chi connectivity index (χ1) is 9.80. The molecule has 5 heteroatoms. The zero-order valence-corrected chi connectivity index (χ0v) is 12.3. The van der Waals surface area contributed by atoms with Crippen molar-refractivity contribution in [2.75, 3.05) is 12.3 Å². The second-order valence-electron chi connectivity index (χ2n) is 4.41. The molecule has 2 aromatic rings. The molecule has 0 bridgehead atoms. The van der Waals surface area contributed by atoms with Crippen LogP contribution in [0.15, 0.2) is 47.9 Å². The number of hydrogen-bond acceptors (Lipinski definition) is 4. The van der Waals surface area contributed by atoms with Crippen LogP contribution in [0, 0.1) is 11.3 Å². The smallest absolute Gasteiger partial charge is 0.165 e. The maximum Gasteiger partial charge on any atom is 0.165 e. The number of H-pyrrole nitrogens is 1. The molecule has 1 aromatic carbocycles. The fourth-order valence-electron chi connectivity index (χ4n) is 2.15. The molecule has 4 nitrogen and oxygen atoms in total. The topological polar surface area (TPSA) is 64.5 Å². The molecule has 0 aliphatic carbocycles. The van der Waals surface area contributed by atoms with Crippen molar-refractivity contribution in [1.29, 1.82) is 5.26 Å². The van der Waals surface area contributed by atoms with Gasteiger partial charge in [-0.05, 0) is 18.5 Å². The zero-order chi connectivity index (χ0) is 14.3. The summed E-state index contributed by atoms with van der Waals surface area (Å²) in [6, 6.07) is 12.4. The first-order valence-electron chi connectivity index (χ1n) is 6.65. The van der Waals surface area contributed by atoms with E-state index in [0.29, 0.717) is 0 Å². The van der Waals surface area contributed by atoms with Gasteiger partial charge in [0.15, 0.2) is 5.16 Å². The van der Waals surface area contributed by atoms with Crippen LogP contribution in [0.25, 0.3) is 0 Å². The Morgan fingerprint density at radius 3 is 2.80 bits per heavy atom. The second-order valence-corrected chi connectivity index (χ2v) is 5.49. The lowest BCUT2D eigenvalue weighted by atomic mass is 9.88. The number of nitrogens with one attached hydrogen (secondary N) is 2. The molecule has 0 spiro atoms. The largest absolute Gasteiger partial charge is 0.340 e. The Morgan fingerprint density at radius 2 is 2.20 bits per heavy atom. The Hall–Kier alpha value is -1.77. The van der Waals surface area contributed by atoms with Crippen LogP contribution in [0.1, 0.15) is 18.9 Å². The van der Waals surface area contributed by atoms with E-state index < -0.39 is 5.54 Å². The predicted octanol–water partition coefficient (Wildman–Crippen LogP) is 2.92. The van der Waals surface area contributed by atoms with Gasteiger partial charge in [0.25, 0.3) is 0 Å². The molecule has 0 radical (unpaired) electrons. The molecule has 1 heterocycles. The van der Waals surface area contributed by atoms with Crippen molar-refractivity contribution in [3.8, 4) is 6.07 Å². The number of rotatable bonds is 7. The maximum atomic E-state index is 9.67. The van der Waals surface area contributed by atoms with E-state index in [1.54, 1.807) is 24.2 Å². The minimum atomic E-state index is -0.629. The molecule has 1 atom stereocenters. The zero-order valence-electron chi connectivity index (χ0n) is 11.5. The Bertz CT molecular complexity index is 547. The van der Waals surface area contributed by atoms with Gasteiger partial charge in [0.05, 0.1) is 6.07 Å². The number of aromatic amines is 1. The lowest BCUT2D eigenvalue weighted by Gasteiger charge is -2.27. The number of hydrogen-bond donors (Lipinski definition) is 2. The van der Waals surface area contributed by atoms with Gasteiger partial charge in [0.1, 0.15) is 5.54 Å². The van der Waals surface area contributed by atoms with Gasteiger partial charge in [0.2, 0.25) is 0 Å². The maximum absolute atomic E-state index is 9.67. The Balaban J connectivity index is 2.09. The van der Waals surface area contributed by atoms with Crippen LogP contribution < -0.4 is 5.32 Å². The standard InChI is InChI=1S/C15H18N4S/c1-2-19-15(12-16,13-6-4-3-5-7-13)8-11-20-14-17-9-10-18-14/h3-7,9-10,19H,2,8,11H2,1H3,(H,17,18). The van der Waals surface area contributed by atoms with E-state index >= 15 is 0 Å². The summed E-state index contributed by atoms with van der Waals surface area (Å²) < 4.78 is 0. The lowest BCUT2D eigenvalue weighted by Crippen LogP contribution is -2.41. The minimum Gasteiger partial charge on any atom is -0.340 e. The van der Waals surface area contributed by atoms with Crippen LogP contribution in [0.2, 0.25) is 0 Å². The van der Waals surface area contributed by atoms with Gasteiger partial charge in [-0.25, -0.2) is 4.98 Å². The summed E-state index contributed by atoms with van der Waals surface area (Å²) in [5.74, 6) is 0.822. The molecule has 0 fully saturated rings. The summed E-state index contributed by atoms with van der Waals surface area (Å²) >= 11 is 1.63. The second kappa shape index (κ2) is 7.13. The number of nitriles is 1. The summed E-state index contributed by atoms with van der Waals surface area (Å²) in [7, 11) is 0. The quantitative estimate of drug-likeness (QED) is 0.768. The molecule has 0 aliphatic rings. The molecule has 0 aliphatic heterocycles. The van der Waals surface area contributed by atoms with E-state index in [0.717, 1.165) is 29.4 Å². The molecule has 1 aromatic heterocycles. The molecule has 2 rings (SSSR count). The third-order valence-corrected chi connectivity index (χ3v) is 4.03. The Morgan fingerprint density at radius 1 is 1.40 bits per heavy atom. The number of nitrogens with zero attached hydrogens (tertiary/aromatic N) is 2. The highest BCUT2D eigenvalue weighted by Crippen LogP contribution is 2.27. The Labute approximate surface area is 123 Å². The minimum absolute atomic E-state index is 0.629. The Kier molecular flexibility index (Phi) is 5.22. The number of imidazole rings is 1. The van der Waals surface area contributed by atoms with Gasteiger partial charge in [-0.2, -0.15) is 5.26 Å². The summed E-state index contributed by atoms with van der Waals surface area (Å²) in [5.41, 5.74) is 0.389. The van der Waals surface area contributed by atoms with Gasteiger partial charge >= 0.3 is 0 Å². The monoisotopic (exact) mass is 286 g/mol. The van der Waals surface area contributed by atoms with Crippen LogP contribution in [0.4, 0.5) is 0 Å². The fourth-order valence-corrected chi connectivity index (χ4v) is 3.04. The molecule has 104 valence electrons. The predicted molar refractivity (Wildman–Crippen MR) is 81.3 cm³/mol. The summed E-state index contributed by atoms with van der Waals surface area (Å²) in [6.07, 6.45) is 4.27. The first kappa shape index (κ1) is 14.6. The van der Waals surface area contributed by atoms with Crippen molar-refractivity contribution < 1.29 is 0 Å². The average molecular weight is 286 g/mol. The lowest BCUT2D eigenvalue weighted by molar-refractivity contribution is 0.428. The van der Waals surface area contributed by atoms with E-state index in [9.17, 15) is 5.26 Å². The first-order valence-corrected chi connectivity index (χ1v) is 7.63. The average Bonchev–Trinajstić information content (AvgIpc) is 3.00. The number of thioether (sulfide) groups is 1. The van der Waals surface area contributed by atoms with Crippen molar-refractivity contribution in [1.82, 2.24) is 15.3 Å². The third-order valence-electron chi connectivity index (χ3n) is 3.12. The summed E-state index contributed by atoms with van der Waals surface area (Å²) in [6.45, 7) is 2.78. The van der Waals surface area contributed by atoms with E-state index in [2.05, 4.69) is 21.4 Å². The van der Waals surface area contributed by atoms with Crippen molar-refractivity contribution in [3.63, 3.8) is 0 Å². The van der Waals surface area contributed by atoms with E-state index in [-0.39, 0.29) is 0 Å². The van der Waals surface area contributed by atoms with Gasteiger partial charge in [-0.3, -0.25) is 5.32 Å². The van der Waals surface area contributed by atoms with Crippen molar-refractivity contribution in [2.45, 2.75) is 24.0 Å². The van der Waals surface area contributed by atoms with Crippen LogP contribution >= 0.6 is 11.8 Å². The van der Waals surface area contributed by atoms with Gasteiger partial charge in [-0.1, -0.05) is 49.0 Å². The highest BCUT2D eigenvalue weighted by atomic mass is 32.2. The van der Waals surface area contributed by atoms with Gasteiger partial charge < -0.3 is 4.98 Å². The van der Waals surface area contributed by atoms with E-state index in [1.165, 1.54) is 0 Å². The molecule has 0 saturated carbocycles. The third kappa shape index (κ3) is 3.41. The van der Waals surface area contributed by atoms with E-state index in [4.69, 9.17) is 0 Å². The highest BCUT2D eigenvalue weighted by molar-refractivity contribution is 7.99. The fraction of sp³-hybridized carbons (Fsp3) is 0.333. The molecule has 0 saturated heterocycles. The molecule has 1 unspecified atom stereocenters. The molecule has 20 heavy (non-hydrogen) atoms. The van der Waals surface area contributed by atoms with Crippen LogP contribution in [0.5, 0.6) is 0 Å². The summed E-state index contributed by atoms with van der Waals surface area (Å²) in [4.78, 5) is 7.25. The summed E-state index contributed by atoms with van der Waals surface area (Å²) in [5, 5.41) is 13.9.